The molecule has 0 spiro atoms. The molecule has 19 heavy (non-hydrogen) atoms. The summed E-state index contributed by atoms with van der Waals surface area (Å²) < 4.78 is 25.0. The maximum absolute atomic E-state index is 12.0. The van der Waals surface area contributed by atoms with Crippen molar-refractivity contribution in [3.8, 4) is 0 Å². The summed E-state index contributed by atoms with van der Waals surface area (Å²) in [6.45, 7) is 0.867. The predicted octanol–water partition coefficient (Wildman–Crippen LogP) is -0.0421. The van der Waals surface area contributed by atoms with Crippen LogP contribution in [-0.2, 0) is 19.6 Å². The number of thiophene rings is 1. The zero-order chi connectivity index (χ0) is 14.6. The van der Waals surface area contributed by atoms with Gasteiger partial charge in [0.25, 0.3) is 10.0 Å². The van der Waals surface area contributed by atoms with Gasteiger partial charge >= 0.3 is 5.97 Å². The molecule has 2 N–H and O–H groups in total. The number of rotatable bonds is 6. The molecule has 1 aromatic heterocycles. The minimum atomic E-state index is -3.70. The van der Waals surface area contributed by atoms with Crippen LogP contribution < -0.4 is 5.32 Å². The summed E-state index contributed by atoms with van der Waals surface area (Å²) in [5, 5.41) is 12.4. The summed E-state index contributed by atoms with van der Waals surface area (Å²) in [4.78, 5) is 22.1. The van der Waals surface area contributed by atoms with Gasteiger partial charge in [-0.05, 0) is 18.4 Å². The molecule has 1 heterocycles. The number of hydrogen-bond acceptors (Lipinski definition) is 5. The van der Waals surface area contributed by atoms with Gasteiger partial charge in [-0.1, -0.05) is 6.07 Å². The van der Waals surface area contributed by atoms with Gasteiger partial charge in [-0.2, -0.15) is 4.31 Å². The fourth-order valence-electron chi connectivity index (χ4n) is 1.20. The average Bonchev–Trinajstić information content (AvgIpc) is 2.82. The van der Waals surface area contributed by atoms with Crippen molar-refractivity contribution in [3.05, 3.63) is 17.5 Å². The zero-order valence-corrected chi connectivity index (χ0v) is 12.0. The number of hydrogen-bond donors (Lipinski definition) is 2. The molecule has 7 nitrogen and oxygen atoms in total. The van der Waals surface area contributed by atoms with E-state index in [1.165, 1.54) is 20.0 Å². The second-order valence-electron chi connectivity index (χ2n) is 3.82. The minimum absolute atomic E-state index is 0.133. The lowest BCUT2D eigenvalue weighted by molar-refractivity contribution is -0.141. The van der Waals surface area contributed by atoms with Crippen molar-refractivity contribution in [3.63, 3.8) is 0 Å². The van der Waals surface area contributed by atoms with E-state index in [0.717, 1.165) is 15.6 Å². The molecule has 1 aromatic rings. The van der Waals surface area contributed by atoms with E-state index in [1.54, 1.807) is 11.4 Å². The van der Waals surface area contributed by atoms with E-state index in [9.17, 15) is 18.0 Å². The number of likely N-dealkylation sites (N-methyl/N-ethyl adjacent to an activating group) is 1. The van der Waals surface area contributed by atoms with E-state index >= 15 is 0 Å². The lowest BCUT2D eigenvalue weighted by Gasteiger charge is -2.16. The predicted molar refractivity (Wildman–Crippen MR) is 69.4 cm³/mol. The van der Waals surface area contributed by atoms with E-state index in [4.69, 9.17) is 5.11 Å². The molecule has 1 atom stereocenters. The molecule has 0 bridgehead atoms. The van der Waals surface area contributed by atoms with Gasteiger partial charge in [0.15, 0.2) is 0 Å². The Morgan fingerprint density at radius 2 is 2.16 bits per heavy atom. The third kappa shape index (κ3) is 4.01. The zero-order valence-electron chi connectivity index (χ0n) is 10.4. The van der Waals surface area contributed by atoms with Crippen LogP contribution in [-0.4, -0.2) is 49.3 Å². The van der Waals surface area contributed by atoms with Crippen LogP contribution in [0.1, 0.15) is 6.92 Å². The molecular weight excluding hydrogens is 292 g/mol. The Kier molecular flexibility index (Phi) is 5.04. The van der Waals surface area contributed by atoms with Gasteiger partial charge in [0.2, 0.25) is 5.91 Å². The van der Waals surface area contributed by atoms with Gasteiger partial charge in [-0.15, -0.1) is 11.3 Å². The number of aliphatic carboxylic acids is 1. The summed E-state index contributed by atoms with van der Waals surface area (Å²) in [7, 11) is -2.44. The number of carboxylic acids is 1. The Labute approximate surface area is 114 Å². The van der Waals surface area contributed by atoms with Gasteiger partial charge in [-0.25, -0.2) is 8.42 Å². The molecule has 0 saturated heterocycles. The monoisotopic (exact) mass is 306 g/mol. The average molecular weight is 306 g/mol. The topological polar surface area (TPSA) is 104 Å². The summed E-state index contributed by atoms with van der Waals surface area (Å²) in [5.74, 6) is -1.85. The van der Waals surface area contributed by atoms with Crippen molar-refractivity contribution >= 4 is 33.2 Å². The van der Waals surface area contributed by atoms with Crippen LogP contribution in [0.4, 0.5) is 0 Å². The lowest BCUT2D eigenvalue weighted by Crippen LogP contribution is -2.44. The maximum atomic E-state index is 12.0. The van der Waals surface area contributed by atoms with Gasteiger partial charge in [0, 0.05) is 7.05 Å². The van der Waals surface area contributed by atoms with Gasteiger partial charge in [0.05, 0.1) is 6.54 Å². The highest BCUT2D eigenvalue weighted by molar-refractivity contribution is 7.91. The van der Waals surface area contributed by atoms with E-state index < -0.39 is 34.5 Å². The lowest BCUT2D eigenvalue weighted by atomic mass is 10.3. The number of amides is 1. The van der Waals surface area contributed by atoms with Gasteiger partial charge in [0.1, 0.15) is 10.3 Å². The molecule has 0 fully saturated rings. The Morgan fingerprint density at radius 3 is 2.63 bits per heavy atom. The molecule has 0 aliphatic rings. The Hall–Kier alpha value is -1.45. The number of nitrogens with zero attached hydrogens (tertiary/aromatic N) is 1. The highest BCUT2D eigenvalue weighted by atomic mass is 32.2. The molecule has 106 valence electrons. The number of carbonyl (C=O) groups is 2. The quantitative estimate of drug-likeness (QED) is 0.767. The summed E-state index contributed by atoms with van der Waals surface area (Å²) in [6, 6.07) is 1.97. The van der Waals surface area contributed by atoms with Crippen molar-refractivity contribution in [1.29, 1.82) is 0 Å². The van der Waals surface area contributed by atoms with Crippen molar-refractivity contribution in [2.75, 3.05) is 13.6 Å². The molecule has 0 aliphatic heterocycles. The number of nitrogens with one attached hydrogen (secondary N) is 1. The van der Waals surface area contributed by atoms with Crippen LogP contribution in [0.5, 0.6) is 0 Å². The molecule has 0 aromatic carbocycles. The number of sulfonamides is 1. The smallest absolute Gasteiger partial charge is 0.325 e. The van der Waals surface area contributed by atoms with Crippen molar-refractivity contribution in [2.24, 2.45) is 0 Å². The second-order valence-corrected chi connectivity index (χ2v) is 7.04. The van der Waals surface area contributed by atoms with Crippen molar-refractivity contribution in [2.45, 2.75) is 17.2 Å². The minimum Gasteiger partial charge on any atom is -0.480 e. The highest BCUT2D eigenvalue weighted by Crippen LogP contribution is 2.19. The standard InChI is InChI=1S/C10H14N2O5S2/c1-7(10(14)15)11-8(13)6-12(2)19(16,17)9-4-3-5-18-9/h3-5,7H,6H2,1-2H3,(H,11,13)(H,14,15)/t7-/m0/s1. The third-order valence-corrected chi connectivity index (χ3v) is 5.45. The van der Waals surface area contributed by atoms with Crippen molar-refractivity contribution in [1.82, 2.24) is 9.62 Å². The highest BCUT2D eigenvalue weighted by Gasteiger charge is 2.24. The SMILES string of the molecule is C[C@H](NC(=O)CN(C)S(=O)(=O)c1cccs1)C(=O)O. The first kappa shape index (κ1) is 15.6. The molecule has 1 amide bonds. The maximum Gasteiger partial charge on any atom is 0.325 e. The summed E-state index contributed by atoms with van der Waals surface area (Å²) in [5.41, 5.74) is 0. The first-order valence-electron chi connectivity index (χ1n) is 5.27. The normalized spacial score (nSPS) is 13.2. The first-order chi connectivity index (χ1) is 8.75. The molecule has 0 unspecified atom stereocenters. The largest absolute Gasteiger partial charge is 0.480 e. The summed E-state index contributed by atoms with van der Waals surface area (Å²) >= 11 is 1.05. The Bertz CT molecular complexity index is 552. The summed E-state index contributed by atoms with van der Waals surface area (Å²) in [6.07, 6.45) is 0. The molecule has 1 rings (SSSR count). The van der Waals surface area contributed by atoms with Gasteiger partial charge < -0.3 is 10.4 Å². The fraction of sp³-hybridized carbons (Fsp3) is 0.400. The van der Waals surface area contributed by atoms with Gasteiger partial charge in [-0.3, -0.25) is 9.59 Å². The van der Waals surface area contributed by atoms with Crippen LogP contribution in [0, 0.1) is 0 Å². The fourth-order valence-corrected chi connectivity index (χ4v) is 3.53. The first-order valence-corrected chi connectivity index (χ1v) is 7.59. The van der Waals surface area contributed by atoms with Crippen LogP contribution in [0.25, 0.3) is 0 Å². The number of carboxylic acid groups (broad SMARTS) is 1. The van der Waals surface area contributed by atoms with E-state index in [1.807, 2.05) is 0 Å². The second kappa shape index (κ2) is 6.13. The van der Waals surface area contributed by atoms with Crippen molar-refractivity contribution < 1.29 is 23.1 Å². The Morgan fingerprint density at radius 1 is 1.53 bits per heavy atom. The van der Waals surface area contributed by atoms with E-state index in [-0.39, 0.29) is 4.21 Å². The molecular formula is C10H14N2O5S2. The molecule has 0 aliphatic carbocycles. The van der Waals surface area contributed by atoms with Crippen LogP contribution in [0.2, 0.25) is 0 Å². The van der Waals surface area contributed by atoms with Crippen LogP contribution in [0.15, 0.2) is 21.7 Å². The van der Waals surface area contributed by atoms with E-state index in [2.05, 4.69) is 5.32 Å². The third-order valence-electron chi connectivity index (χ3n) is 2.27. The van der Waals surface area contributed by atoms with Crippen LogP contribution >= 0.6 is 11.3 Å². The molecule has 0 radical (unpaired) electrons. The molecule has 9 heteroatoms. The van der Waals surface area contributed by atoms with E-state index in [0.29, 0.717) is 0 Å². The Balaban J connectivity index is 2.68. The van der Waals surface area contributed by atoms with Crippen LogP contribution in [0.3, 0.4) is 0 Å². The molecule has 0 saturated carbocycles. The number of carbonyl (C=O) groups excluding carboxylic acids is 1.